The molecule has 0 aromatic carbocycles. The normalized spacial score (nSPS) is 13.6. The molecule has 2 unspecified atom stereocenters. The van der Waals surface area contributed by atoms with E-state index in [-0.39, 0.29) is 28.7 Å². The van der Waals surface area contributed by atoms with Crippen molar-refractivity contribution in [2.45, 2.75) is 52.7 Å². The van der Waals surface area contributed by atoms with Crippen molar-refractivity contribution in [3.05, 3.63) is 0 Å². The Morgan fingerprint density at radius 2 is 1.00 bits per heavy atom. The van der Waals surface area contributed by atoms with E-state index in [0.717, 1.165) is 39.0 Å². The Bertz CT molecular complexity index is 140. The van der Waals surface area contributed by atoms with E-state index in [1.807, 2.05) is 27.9 Å². The second-order valence-corrected chi connectivity index (χ2v) is 4.83. The van der Waals surface area contributed by atoms with Gasteiger partial charge in [0.15, 0.2) is 0 Å². The van der Waals surface area contributed by atoms with Gasteiger partial charge in [-0.15, -0.1) is 0 Å². The molecule has 2 N–H and O–H groups in total. The summed E-state index contributed by atoms with van der Waals surface area (Å²) in [7, 11) is 4.03. The van der Waals surface area contributed by atoms with Crippen molar-refractivity contribution < 1.29 is 26.7 Å². The second kappa shape index (κ2) is 16.4. The summed E-state index contributed by atoms with van der Waals surface area (Å²) in [5.74, 6) is 0. The van der Waals surface area contributed by atoms with Crippen LogP contribution in [0.3, 0.4) is 0 Å². The summed E-state index contributed by atoms with van der Waals surface area (Å²) < 4.78 is 0. The van der Waals surface area contributed by atoms with Gasteiger partial charge in [-0.05, 0) is 40.0 Å². The third-order valence-electron chi connectivity index (χ3n) is 3.07. The molecule has 19 heavy (non-hydrogen) atoms. The second-order valence-electron chi connectivity index (χ2n) is 4.83. The summed E-state index contributed by atoms with van der Waals surface area (Å²) in [4.78, 5) is 4.21. The number of hydrogen-bond donors (Lipinski definition) is 2. The Labute approximate surface area is 130 Å². The first-order valence-corrected chi connectivity index (χ1v) is 7.14. The minimum atomic E-state index is -0.144. The van der Waals surface area contributed by atoms with Gasteiger partial charge in [-0.1, -0.05) is 27.7 Å². The fraction of sp³-hybridized carbons (Fsp3) is 1.00. The average molecular weight is 321 g/mol. The quantitative estimate of drug-likeness (QED) is 0.664. The number of hydrogen-bond acceptors (Lipinski definition) is 4. The first-order valence-electron chi connectivity index (χ1n) is 7.14. The molecule has 0 fully saturated rings. The Morgan fingerprint density at radius 1 is 0.737 bits per heavy atom. The van der Waals surface area contributed by atoms with E-state index >= 15 is 0 Å². The Hall–Kier alpha value is 0.334. The predicted molar refractivity (Wildman–Crippen MR) is 78.9 cm³/mol. The van der Waals surface area contributed by atoms with E-state index in [1.54, 1.807) is 0 Å². The fourth-order valence-electron chi connectivity index (χ4n) is 1.24. The van der Waals surface area contributed by atoms with Crippen LogP contribution < -0.4 is 0 Å². The molecule has 2 atom stereocenters. The van der Waals surface area contributed by atoms with Gasteiger partial charge in [0, 0.05) is 29.6 Å². The Balaban J connectivity index is -0.000000256. The maximum atomic E-state index is 9.12. The number of nitrogens with zero attached hydrogens (tertiary/aromatic N) is 2. The molecule has 0 saturated carbocycles. The van der Waals surface area contributed by atoms with E-state index in [2.05, 4.69) is 23.6 Å². The van der Waals surface area contributed by atoms with Crippen LogP contribution in [0, 0.1) is 0 Å². The summed E-state index contributed by atoms with van der Waals surface area (Å²) in [6, 6.07) is 0. The zero-order chi connectivity index (χ0) is 14.6. The number of rotatable bonds is 8. The minimum absolute atomic E-state index is 0. The van der Waals surface area contributed by atoms with Crippen molar-refractivity contribution in [3.63, 3.8) is 0 Å². The van der Waals surface area contributed by atoms with Gasteiger partial charge in [-0.3, -0.25) is 0 Å². The van der Waals surface area contributed by atoms with Gasteiger partial charge in [0.25, 0.3) is 0 Å². The van der Waals surface area contributed by atoms with Crippen LogP contribution in [0.2, 0.25) is 0 Å². The monoisotopic (exact) mass is 320 g/mol. The van der Waals surface area contributed by atoms with Gasteiger partial charge in [-0.25, -0.2) is 0 Å². The van der Waals surface area contributed by atoms with Crippen LogP contribution in [-0.4, -0.2) is 72.5 Å². The zero-order valence-corrected chi connectivity index (χ0v) is 14.5. The van der Waals surface area contributed by atoms with Crippen LogP contribution in [-0.2, 0) is 16.5 Å². The molecular weight excluding hydrogens is 287 g/mol. The third-order valence-corrected chi connectivity index (χ3v) is 3.07. The van der Waals surface area contributed by atoms with Crippen molar-refractivity contribution in [2.24, 2.45) is 0 Å². The van der Waals surface area contributed by atoms with Crippen molar-refractivity contribution in [1.82, 2.24) is 9.80 Å². The van der Waals surface area contributed by atoms with Crippen LogP contribution >= 0.6 is 0 Å². The van der Waals surface area contributed by atoms with Gasteiger partial charge >= 0.3 is 0 Å². The summed E-state index contributed by atoms with van der Waals surface area (Å²) in [6.45, 7) is 11.8. The van der Waals surface area contributed by atoms with Crippen LogP contribution in [0.15, 0.2) is 0 Å². The van der Waals surface area contributed by atoms with Crippen molar-refractivity contribution in [1.29, 1.82) is 0 Å². The van der Waals surface area contributed by atoms with E-state index in [4.69, 9.17) is 10.2 Å². The van der Waals surface area contributed by atoms with Crippen molar-refractivity contribution in [2.75, 3.05) is 40.3 Å². The Morgan fingerprint density at radius 3 is 1.16 bits per heavy atom. The number of aliphatic hydroxyl groups excluding tert-OH is 2. The van der Waals surface area contributed by atoms with E-state index in [0.29, 0.717) is 0 Å². The van der Waals surface area contributed by atoms with Gasteiger partial charge < -0.3 is 20.0 Å². The van der Waals surface area contributed by atoms with E-state index in [9.17, 15) is 0 Å². The topological polar surface area (TPSA) is 46.9 Å². The standard InChI is InChI=1S/2C7H17NO.Ni/c2*1-4-7(9)6-8(3)5-2;/h2*7,9H,4-6H2,1-3H3;. The molecule has 0 amide bonds. The summed E-state index contributed by atoms with van der Waals surface area (Å²) in [6.07, 6.45) is 1.42. The maximum absolute atomic E-state index is 9.12. The third kappa shape index (κ3) is 18.3. The predicted octanol–water partition coefficient (Wildman–Crippen LogP) is 1.42. The van der Waals surface area contributed by atoms with Gasteiger partial charge in [0.05, 0.1) is 12.2 Å². The summed E-state index contributed by atoms with van der Waals surface area (Å²) >= 11 is 0. The molecule has 0 spiro atoms. The van der Waals surface area contributed by atoms with Gasteiger partial charge in [0.2, 0.25) is 0 Å². The molecule has 122 valence electrons. The molecule has 0 heterocycles. The number of likely N-dealkylation sites (N-methyl/N-ethyl adjacent to an activating group) is 2. The largest absolute Gasteiger partial charge is 0.392 e. The van der Waals surface area contributed by atoms with Crippen molar-refractivity contribution in [3.8, 4) is 0 Å². The molecule has 4 nitrogen and oxygen atoms in total. The van der Waals surface area contributed by atoms with Crippen LogP contribution in [0.1, 0.15) is 40.5 Å². The van der Waals surface area contributed by atoms with Gasteiger partial charge in [-0.2, -0.15) is 0 Å². The zero-order valence-electron chi connectivity index (χ0n) is 13.5. The molecular formula is C14H34N2NiO2. The smallest absolute Gasteiger partial charge is 0.0664 e. The first kappa shape index (κ1) is 24.4. The average Bonchev–Trinajstić information content (AvgIpc) is 2.38. The molecule has 0 aliphatic carbocycles. The van der Waals surface area contributed by atoms with E-state index in [1.165, 1.54) is 0 Å². The molecule has 0 saturated heterocycles. The molecule has 0 radical (unpaired) electrons. The van der Waals surface area contributed by atoms with Crippen LogP contribution in [0.4, 0.5) is 0 Å². The molecule has 0 rings (SSSR count). The number of aliphatic hydroxyl groups is 2. The SMILES string of the molecule is CCC(O)CN(C)CC.CCC(O)CN(C)CC.[Ni]. The molecule has 5 heteroatoms. The van der Waals surface area contributed by atoms with Crippen LogP contribution in [0.5, 0.6) is 0 Å². The first-order chi connectivity index (χ1) is 8.40. The van der Waals surface area contributed by atoms with E-state index < -0.39 is 0 Å². The summed E-state index contributed by atoms with van der Waals surface area (Å²) in [5.41, 5.74) is 0. The molecule has 0 bridgehead atoms. The van der Waals surface area contributed by atoms with Gasteiger partial charge in [0.1, 0.15) is 0 Å². The maximum Gasteiger partial charge on any atom is 0.0664 e. The molecule has 0 aromatic heterocycles. The minimum Gasteiger partial charge on any atom is -0.392 e. The summed E-state index contributed by atoms with van der Waals surface area (Å²) in [5, 5.41) is 18.2. The molecule has 0 aromatic rings. The van der Waals surface area contributed by atoms with Crippen LogP contribution in [0.25, 0.3) is 0 Å². The van der Waals surface area contributed by atoms with Crippen molar-refractivity contribution >= 4 is 0 Å². The Kier molecular flexibility index (Phi) is 21.0. The molecule has 0 aliphatic rings. The fourth-order valence-corrected chi connectivity index (χ4v) is 1.24. The molecule has 0 aliphatic heterocycles.